The first-order chi connectivity index (χ1) is 19.3. The third-order valence-electron chi connectivity index (χ3n) is 7.36. The van der Waals surface area contributed by atoms with Crippen molar-refractivity contribution < 1.29 is 28.2 Å². The average molecular weight is 547 g/mol. The van der Waals surface area contributed by atoms with Gasteiger partial charge >= 0.3 is 5.97 Å². The van der Waals surface area contributed by atoms with Gasteiger partial charge in [0.1, 0.15) is 28.3 Å². The van der Waals surface area contributed by atoms with E-state index in [2.05, 4.69) is 10.3 Å². The van der Waals surface area contributed by atoms with Crippen molar-refractivity contribution in [3.05, 3.63) is 82.2 Å². The summed E-state index contributed by atoms with van der Waals surface area (Å²) in [6.07, 6.45) is 0.678. The zero-order valence-corrected chi connectivity index (χ0v) is 22.9. The van der Waals surface area contributed by atoms with E-state index < -0.39 is 5.82 Å². The molecule has 5 rings (SSSR count). The molecule has 1 atom stereocenters. The van der Waals surface area contributed by atoms with Gasteiger partial charge in [0.2, 0.25) is 0 Å². The Balaban J connectivity index is 1.52. The first-order valence-electron chi connectivity index (χ1n) is 13.1. The molecule has 208 valence electrons. The van der Waals surface area contributed by atoms with Crippen LogP contribution in [0.4, 0.5) is 4.39 Å². The van der Waals surface area contributed by atoms with Gasteiger partial charge in [-0.2, -0.15) is 0 Å². The Hall–Kier alpha value is -4.47. The summed E-state index contributed by atoms with van der Waals surface area (Å²) in [6.45, 7) is 2.80. The van der Waals surface area contributed by atoms with E-state index in [9.17, 15) is 14.0 Å². The molecule has 0 spiro atoms. The van der Waals surface area contributed by atoms with Crippen molar-refractivity contribution in [1.82, 2.24) is 19.9 Å². The van der Waals surface area contributed by atoms with Crippen LogP contribution in [0.5, 0.6) is 11.5 Å². The molecule has 0 saturated carbocycles. The number of hydrogen-bond donors (Lipinski definition) is 0. The van der Waals surface area contributed by atoms with Crippen LogP contribution in [0.1, 0.15) is 51.9 Å². The summed E-state index contributed by atoms with van der Waals surface area (Å²) in [5.74, 6) is -0.686. The van der Waals surface area contributed by atoms with Gasteiger partial charge in [0, 0.05) is 32.1 Å². The summed E-state index contributed by atoms with van der Waals surface area (Å²) in [6, 6.07) is 14.0. The number of fused-ring (bicyclic) bond motifs is 2. The third-order valence-corrected chi connectivity index (χ3v) is 7.36. The van der Waals surface area contributed by atoms with Crippen molar-refractivity contribution in [3.63, 3.8) is 0 Å². The number of esters is 1. The topological polar surface area (TPSA) is 95.8 Å². The summed E-state index contributed by atoms with van der Waals surface area (Å²) < 4.78 is 32.4. The van der Waals surface area contributed by atoms with E-state index in [1.807, 2.05) is 30.3 Å². The molecule has 0 N–H and O–H groups in total. The molecule has 40 heavy (non-hydrogen) atoms. The Morgan fingerprint density at radius 3 is 2.65 bits per heavy atom. The standard InChI is InChI=1S/C30H31FN4O5/c1-5-40-28(36)16-24(19-13-26-29(27(14-19)39-4)34(2)33-32-26)22-8-6-7-18-17-35(12-11-21(18)22)30(37)23-10-9-20(38-3)15-25(23)31/h6-10,13-15,24H,5,11-12,16-17H2,1-4H3/t24-/m1/s1. The summed E-state index contributed by atoms with van der Waals surface area (Å²) in [5.41, 5.74) is 5.26. The van der Waals surface area contributed by atoms with Gasteiger partial charge in [-0.3, -0.25) is 9.59 Å². The predicted molar refractivity (Wildman–Crippen MR) is 146 cm³/mol. The lowest BCUT2D eigenvalue weighted by Gasteiger charge is -2.32. The Bertz CT molecular complexity index is 1580. The number of rotatable bonds is 8. The number of carbonyl (C=O) groups is 2. The first-order valence-corrected chi connectivity index (χ1v) is 13.1. The highest BCUT2D eigenvalue weighted by atomic mass is 19.1. The minimum absolute atomic E-state index is 0.00459. The number of hydrogen-bond acceptors (Lipinski definition) is 7. The predicted octanol–water partition coefficient (Wildman–Crippen LogP) is 4.41. The van der Waals surface area contributed by atoms with Gasteiger partial charge in [0.05, 0.1) is 32.8 Å². The first kappa shape index (κ1) is 27.1. The van der Waals surface area contributed by atoms with Crippen molar-refractivity contribution >= 4 is 22.9 Å². The van der Waals surface area contributed by atoms with Gasteiger partial charge in [-0.05, 0) is 59.9 Å². The number of carbonyl (C=O) groups excluding carboxylic acids is 2. The fraction of sp³-hybridized carbons (Fsp3) is 0.333. The van der Waals surface area contributed by atoms with Gasteiger partial charge in [-0.15, -0.1) is 5.10 Å². The van der Waals surface area contributed by atoms with Crippen LogP contribution in [-0.2, 0) is 29.5 Å². The van der Waals surface area contributed by atoms with Gasteiger partial charge in [-0.1, -0.05) is 23.4 Å². The molecule has 0 bridgehead atoms. The van der Waals surface area contributed by atoms with Crippen molar-refractivity contribution in [1.29, 1.82) is 0 Å². The summed E-state index contributed by atoms with van der Waals surface area (Å²) >= 11 is 0. The molecular weight excluding hydrogens is 515 g/mol. The molecule has 0 unspecified atom stereocenters. The lowest BCUT2D eigenvalue weighted by molar-refractivity contribution is -0.143. The van der Waals surface area contributed by atoms with E-state index in [0.29, 0.717) is 36.5 Å². The minimum atomic E-state index is -0.619. The minimum Gasteiger partial charge on any atom is -0.497 e. The Labute approximate surface area is 231 Å². The Morgan fingerprint density at radius 2 is 1.93 bits per heavy atom. The number of benzene rings is 3. The summed E-state index contributed by atoms with van der Waals surface area (Å²) in [7, 11) is 4.84. The molecule has 0 aliphatic carbocycles. The molecule has 0 radical (unpaired) electrons. The molecule has 0 fully saturated rings. The molecule has 1 amide bonds. The fourth-order valence-corrected chi connectivity index (χ4v) is 5.43. The van der Waals surface area contributed by atoms with E-state index >= 15 is 0 Å². The average Bonchev–Trinajstić information content (AvgIpc) is 3.35. The third kappa shape index (κ3) is 5.09. The van der Waals surface area contributed by atoms with E-state index in [-0.39, 0.29) is 36.4 Å². The molecule has 1 aromatic heterocycles. The molecular formula is C30H31FN4O5. The number of halogens is 1. The summed E-state index contributed by atoms with van der Waals surface area (Å²) in [4.78, 5) is 27.7. The zero-order valence-electron chi connectivity index (χ0n) is 22.9. The molecule has 3 aromatic carbocycles. The highest BCUT2D eigenvalue weighted by Crippen LogP contribution is 2.38. The number of nitrogens with zero attached hydrogens (tertiary/aromatic N) is 4. The number of aromatic nitrogens is 3. The second kappa shape index (κ2) is 11.3. The second-order valence-corrected chi connectivity index (χ2v) is 9.67. The lowest BCUT2D eigenvalue weighted by Crippen LogP contribution is -2.37. The van der Waals surface area contributed by atoms with E-state index in [1.54, 1.807) is 36.7 Å². The molecule has 9 nitrogen and oxygen atoms in total. The molecule has 1 aliphatic rings. The van der Waals surface area contributed by atoms with Crippen molar-refractivity contribution in [2.24, 2.45) is 7.05 Å². The van der Waals surface area contributed by atoms with Crippen LogP contribution in [0.3, 0.4) is 0 Å². The SMILES string of the molecule is CCOC(=O)C[C@H](c1cc(OC)c2c(c1)nnn2C)c1cccc2c1CCN(C(=O)c1ccc(OC)cc1F)C2. The van der Waals surface area contributed by atoms with Crippen LogP contribution in [0, 0.1) is 5.82 Å². The number of ether oxygens (including phenoxy) is 3. The zero-order chi connectivity index (χ0) is 28.4. The van der Waals surface area contributed by atoms with Crippen LogP contribution in [0.25, 0.3) is 11.0 Å². The monoisotopic (exact) mass is 546 g/mol. The van der Waals surface area contributed by atoms with E-state index in [4.69, 9.17) is 14.2 Å². The normalized spacial score (nSPS) is 13.6. The maximum Gasteiger partial charge on any atom is 0.306 e. The molecule has 0 saturated heterocycles. The van der Waals surface area contributed by atoms with Crippen LogP contribution in [0.2, 0.25) is 0 Å². The van der Waals surface area contributed by atoms with E-state index in [1.165, 1.54) is 19.2 Å². The second-order valence-electron chi connectivity index (χ2n) is 9.67. The molecule has 4 aromatic rings. The van der Waals surface area contributed by atoms with Gasteiger partial charge in [-0.25, -0.2) is 9.07 Å². The van der Waals surface area contributed by atoms with Gasteiger partial charge in [0.15, 0.2) is 0 Å². The largest absolute Gasteiger partial charge is 0.497 e. The summed E-state index contributed by atoms with van der Waals surface area (Å²) in [5, 5.41) is 8.40. The van der Waals surface area contributed by atoms with Crippen molar-refractivity contribution in [3.8, 4) is 11.5 Å². The maximum atomic E-state index is 14.7. The van der Waals surface area contributed by atoms with E-state index in [0.717, 1.165) is 27.8 Å². The molecule has 1 aliphatic heterocycles. The number of amides is 1. The Kier molecular flexibility index (Phi) is 7.68. The van der Waals surface area contributed by atoms with Crippen molar-refractivity contribution in [2.75, 3.05) is 27.4 Å². The highest BCUT2D eigenvalue weighted by Gasteiger charge is 2.29. The van der Waals surface area contributed by atoms with Crippen molar-refractivity contribution in [2.45, 2.75) is 32.2 Å². The van der Waals surface area contributed by atoms with Crippen LogP contribution in [0.15, 0.2) is 48.5 Å². The van der Waals surface area contributed by atoms with Crippen LogP contribution in [-0.4, -0.2) is 59.1 Å². The quantitative estimate of drug-likeness (QED) is 0.302. The molecule has 2 heterocycles. The van der Waals surface area contributed by atoms with Gasteiger partial charge in [0.25, 0.3) is 5.91 Å². The fourth-order valence-electron chi connectivity index (χ4n) is 5.43. The van der Waals surface area contributed by atoms with Gasteiger partial charge < -0.3 is 19.1 Å². The lowest BCUT2D eigenvalue weighted by atomic mass is 9.82. The van der Waals surface area contributed by atoms with Crippen LogP contribution < -0.4 is 9.47 Å². The highest BCUT2D eigenvalue weighted by molar-refractivity contribution is 5.94. The smallest absolute Gasteiger partial charge is 0.306 e. The maximum absolute atomic E-state index is 14.7. The Morgan fingerprint density at radius 1 is 1.10 bits per heavy atom. The molecule has 10 heteroatoms. The number of aryl methyl sites for hydroxylation is 1. The number of methoxy groups -OCH3 is 2. The van der Waals surface area contributed by atoms with Crippen LogP contribution >= 0.6 is 0 Å².